The average molecular weight is 202 g/mol. The maximum absolute atomic E-state index is 9.85. The first-order valence-electron chi connectivity index (χ1n) is 4.97. The van der Waals surface area contributed by atoms with E-state index in [2.05, 4.69) is 0 Å². The highest BCUT2D eigenvalue weighted by Crippen LogP contribution is 2.59. The largest absolute Gasteiger partial charge is 0.393 e. The first kappa shape index (κ1) is 9.06. The van der Waals surface area contributed by atoms with Crippen LogP contribution in [0.3, 0.4) is 0 Å². The summed E-state index contributed by atoms with van der Waals surface area (Å²) in [5.74, 6) is -0.272. The summed E-state index contributed by atoms with van der Waals surface area (Å²) in [6, 6.07) is 0. The van der Waals surface area contributed by atoms with Crippen molar-refractivity contribution < 1.29 is 24.8 Å². The summed E-state index contributed by atoms with van der Waals surface area (Å²) in [4.78, 5) is 0. The molecule has 0 bridgehead atoms. The van der Waals surface area contributed by atoms with Crippen molar-refractivity contribution in [3.63, 3.8) is 0 Å². The van der Waals surface area contributed by atoms with Crippen LogP contribution < -0.4 is 0 Å². The van der Waals surface area contributed by atoms with Gasteiger partial charge in [0.2, 0.25) is 0 Å². The monoisotopic (exact) mass is 202 g/mol. The summed E-state index contributed by atoms with van der Waals surface area (Å²) in [7, 11) is 0. The zero-order valence-corrected chi connectivity index (χ0v) is 7.67. The Hall–Kier alpha value is -0.200. The molecule has 3 N–H and O–H groups in total. The molecule has 0 aromatic carbocycles. The molecule has 2 aliphatic heterocycles. The van der Waals surface area contributed by atoms with Gasteiger partial charge in [0.25, 0.3) is 0 Å². The summed E-state index contributed by atoms with van der Waals surface area (Å²) in [5, 5.41) is 28.8. The van der Waals surface area contributed by atoms with Crippen molar-refractivity contribution in [1.29, 1.82) is 0 Å². The second kappa shape index (κ2) is 2.68. The van der Waals surface area contributed by atoms with E-state index in [1.807, 2.05) is 0 Å². The molecule has 1 saturated carbocycles. The number of ether oxygens (including phenoxy) is 2. The summed E-state index contributed by atoms with van der Waals surface area (Å²) in [6.45, 7) is 0.309. The van der Waals surface area contributed by atoms with Crippen LogP contribution in [0.15, 0.2) is 0 Å². The second-order valence-electron chi connectivity index (χ2n) is 4.38. The van der Waals surface area contributed by atoms with E-state index in [0.717, 1.165) is 6.42 Å². The molecule has 14 heavy (non-hydrogen) atoms. The van der Waals surface area contributed by atoms with Gasteiger partial charge in [0, 0.05) is 11.8 Å². The zero-order chi connectivity index (χ0) is 9.92. The van der Waals surface area contributed by atoms with Gasteiger partial charge in [0.1, 0.15) is 11.7 Å². The van der Waals surface area contributed by atoms with Gasteiger partial charge in [-0.25, -0.2) is 0 Å². The average Bonchev–Trinajstić information content (AvgIpc) is 2.87. The molecule has 3 fully saturated rings. The van der Waals surface area contributed by atoms with Crippen LogP contribution in [0.1, 0.15) is 6.42 Å². The molecule has 0 aromatic heterocycles. The Morgan fingerprint density at radius 2 is 2.14 bits per heavy atom. The molecule has 0 spiro atoms. The minimum atomic E-state index is -0.914. The molecular weight excluding hydrogens is 188 g/mol. The lowest BCUT2D eigenvalue weighted by Gasteiger charge is -2.35. The summed E-state index contributed by atoms with van der Waals surface area (Å²) in [6.07, 6.45) is -1.06. The number of hydrogen-bond donors (Lipinski definition) is 3. The molecule has 0 amide bonds. The Balaban J connectivity index is 1.92. The number of fused-ring (bicyclic) bond motifs is 3. The predicted molar refractivity (Wildman–Crippen MR) is 44.3 cm³/mol. The highest BCUT2D eigenvalue weighted by molar-refractivity contribution is 5.20. The fourth-order valence-electron chi connectivity index (χ4n) is 3.09. The summed E-state index contributed by atoms with van der Waals surface area (Å²) in [5.41, 5.74) is -0.732. The van der Waals surface area contributed by atoms with Crippen molar-refractivity contribution >= 4 is 0 Å². The molecule has 5 nitrogen and oxygen atoms in total. The minimum Gasteiger partial charge on any atom is -0.393 e. The van der Waals surface area contributed by atoms with Crippen LogP contribution in [0.25, 0.3) is 0 Å². The maximum Gasteiger partial charge on any atom is 0.160 e. The Labute approximate surface area is 81.3 Å². The van der Waals surface area contributed by atoms with E-state index < -0.39 is 18.0 Å². The molecule has 2 saturated heterocycles. The van der Waals surface area contributed by atoms with Crippen LogP contribution in [-0.4, -0.2) is 52.6 Å². The van der Waals surface area contributed by atoms with Crippen LogP contribution >= 0.6 is 0 Å². The van der Waals surface area contributed by atoms with Gasteiger partial charge >= 0.3 is 0 Å². The molecule has 0 radical (unpaired) electrons. The van der Waals surface area contributed by atoms with Crippen LogP contribution in [0, 0.1) is 11.8 Å². The lowest BCUT2D eigenvalue weighted by Crippen LogP contribution is -2.45. The van der Waals surface area contributed by atoms with Crippen molar-refractivity contribution in [1.82, 2.24) is 0 Å². The van der Waals surface area contributed by atoms with E-state index in [4.69, 9.17) is 9.47 Å². The van der Waals surface area contributed by atoms with Crippen molar-refractivity contribution in [3.8, 4) is 0 Å². The maximum atomic E-state index is 9.85. The molecule has 1 aliphatic carbocycles. The Kier molecular flexibility index (Phi) is 1.73. The predicted octanol–water partition coefficient (Wildman–Crippen LogP) is -1.54. The van der Waals surface area contributed by atoms with Crippen molar-refractivity contribution in [2.75, 3.05) is 13.2 Å². The van der Waals surface area contributed by atoms with Gasteiger partial charge in [-0.3, -0.25) is 0 Å². The fourth-order valence-corrected chi connectivity index (χ4v) is 3.09. The van der Waals surface area contributed by atoms with Crippen molar-refractivity contribution in [2.45, 2.75) is 30.5 Å². The molecule has 3 aliphatic rings. The van der Waals surface area contributed by atoms with Crippen molar-refractivity contribution in [2.24, 2.45) is 11.8 Å². The minimum absolute atomic E-state index is 0.00431. The molecule has 80 valence electrons. The molecule has 2 unspecified atom stereocenters. The lowest BCUT2D eigenvalue weighted by molar-refractivity contribution is -0.205. The number of aliphatic hydroxyl groups excluding tert-OH is 3. The Morgan fingerprint density at radius 3 is 2.86 bits per heavy atom. The van der Waals surface area contributed by atoms with Gasteiger partial charge in [-0.2, -0.15) is 0 Å². The van der Waals surface area contributed by atoms with Crippen LogP contribution in [0.5, 0.6) is 0 Å². The topological polar surface area (TPSA) is 82.5 Å². The van der Waals surface area contributed by atoms with Crippen LogP contribution in [0.2, 0.25) is 0 Å². The fraction of sp³-hybridized carbons (Fsp3) is 1.00. The molecule has 0 aromatic rings. The number of aliphatic hydroxyl groups is 3. The molecule has 5 heteroatoms. The normalized spacial score (nSPS) is 60.6. The standard InChI is InChI=1S/C9H14O5/c10-3-9-5-4(1-2-13-8(5)12)6(11)7(9)14-9/h4-8,10-12H,1-3H2/t4?,5?,6-,7-,8+,9+/m0/s1. The molecule has 3 rings (SSSR count). The number of rotatable bonds is 1. The molecule has 2 heterocycles. The molecule has 6 atom stereocenters. The SMILES string of the molecule is OC[C@]12O[C@H]1[C@@H](O)C1CCO[C@@H](O)C12. The summed E-state index contributed by atoms with van der Waals surface area (Å²) < 4.78 is 10.4. The van der Waals surface area contributed by atoms with E-state index in [9.17, 15) is 15.3 Å². The van der Waals surface area contributed by atoms with Gasteiger partial charge in [-0.05, 0) is 6.42 Å². The first-order valence-corrected chi connectivity index (χ1v) is 4.97. The quantitative estimate of drug-likeness (QED) is 0.449. The second-order valence-corrected chi connectivity index (χ2v) is 4.38. The van der Waals surface area contributed by atoms with Gasteiger partial charge in [0.05, 0.1) is 19.3 Å². The third kappa shape index (κ3) is 0.869. The van der Waals surface area contributed by atoms with Gasteiger partial charge < -0.3 is 24.8 Å². The highest BCUT2D eigenvalue weighted by Gasteiger charge is 2.75. The Morgan fingerprint density at radius 1 is 1.36 bits per heavy atom. The first-order chi connectivity index (χ1) is 6.70. The van der Waals surface area contributed by atoms with Gasteiger partial charge in [-0.15, -0.1) is 0 Å². The third-order valence-corrected chi connectivity index (χ3v) is 3.84. The number of epoxide rings is 1. The van der Waals surface area contributed by atoms with E-state index in [1.165, 1.54) is 0 Å². The summed E-state index contributed by atoms with van der Waals surface area (Å²) >= 11 is 0. The number of hydrogen-bond acceptors (Lipinski definition) is 5. The van der Waals surface area contributed by atoms with E-state index in [1.54, 1.807) is 0 Å². The smallest absolute Gasteiger partial charge is 0.160 e. The zero-order valence-electron chi connectivity index (χ0n) is 7.67. The highest BCUT2D eigenvalue weighted by atomic mass is 16.7. The lowest BCUT2D eigenvalue weighted by atomic mass is 9.83. The third-order valence-electron chi connectivity index (χ3n) is 3.84. The van der Waals surface area contributed by atoms with Crippen LogP contribution in [-0.2, 0) is 9.47 Å². The molecular formula is C9H14O5. The van der Waals surface area contributed by atoms with E-state index in [-0.39, 0.29) is 24.5 Å². The van der Waals surface area contributed by atoms with Gasteiger partial charge in [-0.1, -0.05) is 0 Å². The van der Waals surface area contributed by atoms with Crippen LogP contribution in [0.4, 0.5) is 0 Å². The van der Waals surface area contributed by atoms with E-state index >= 15 is 0 Å². The van der Waals surface area contributed by atoms with Crippen molar-refractivity contribution in [3.05, 3.63) is 0 Å². The Bertz CT molecular complexity index is 258. The van der Waals surface area contributed by atoms with E-state index in [0.29, 0.717) is 6.61 Å². The van der Waals surface area contributed by atoms with Gasteiger partial charge in [0.15, 0.2) is 6.29 Å².